The summed E-state index contributed by atoms with van der Waals surface area (Å²) in [6, 6.07) is 3.04. The Hall–Kier alpha value is -2.05. The van der Waals surface area contributed by atoms with E-state index in [0.717, 1.165) is 0 Å². The average molecular weight is 417 g/mol. The summed E-state index contributed by atoms with van der Waals surface area (Å²) in [6.45, 7) is 3.16. The molecule has 1 atom stereocenters. The van der Waals surface area contributed by atoms with Crippen LogP contribution in [0, 0.1) is 12.7 Å². The number of carbonyl (C=O) groups is 1. The zero-order chi connectivity index (χ0) is 20.0. The second-order valence-corrected chi connectivity index (χ2v) is 8.67. The fourth-order valence-corrected chi connectivity index (χ4v) is 3.51. The molecule has 0 spiro atoms. The lowest BCUT2D eigenvalue weighted by molar-refractivity contribution is -0.117. The summed E-state index contributed by atoms with van der Waals surface area (Å²) in [6.07, 6.45) is 2.13. The van der Waals surface area contributed by atoms with Crippen LogP contribution in [0.25, 0.3) is 5.69 Å². The van der Waals surface area contributed by atoms with Crippen LogP contribution in [-0.2, 0) is 14.8 Å². The van der Waals surface area contributed by atoms with E-state index in [4.69, 9.17) is 0 Å². The molecule has 2 N–H and O–H groups in total. The maximum absolute atomic E-state index is 14.2. The number of hydrogen-bond acceptors (Lipinski definition) is 7. The van der Waals surface area contributed by atoms with Crippen molar-refractivity contribution in [2.75, 3.05) is 23.1 Å². The van der Waals surface area contributed by atoms with Gasteiger partial charge in [0.15, 0.2) is 5.82 Å². The van der Waals surface area contributed by atoms with Crippen LogP contribution < -0.4 is 10.0 Å². The minimum atomic E-state index is -3.59. The van der Waals surface area contributed by atoms with Crippen molar-refractivity contribution in [3.05, 3.63) is 29.8 Å². The van der Waals surface area contributed by atoms with E-state index in [1.807, 2.05) is 6.26 Å². The Kier molecular flexibility index (Phi) is 7.27. The molecule has 0 aliphatic rings. The molecular weight excluding hydrogens is 395 g/mol. The van der Waals surface area contributed by atoms with Gasteiger partial charge in [0.25, 0.3) is 0 Å². The quantitative estimate of drug-likeness (QED) is 0.628. The molecule has 12 heteroatoms. The zero-order valence-corrected chi connectivity index (χ0v) is 16.8. The number of halogens is 1. The molecular formula is C15H21FN6O3S2. The van der Waals surface area contributed by atoms with Crippen LogP contribution in [-0.4, -0.2) is 58.3 Å². The molecule has 1 aromatic heterocycles. The van der Waals surface area contributed by atoms with Gasteiger partial charge in [0.05, 0.1) is 17.1 Å². The molecule has 9 nitrogen and oxygen atoms in total. The van der Waals surface area contributed by atoms with E-state index in [2.05, 4.69) is 25.6 Å². The molecule has 0 bridgehead atoms. The van der Waals surface area contributed by atoms with E-state index in [0.29, 0.717) is 17.3 Å². The average Bonchev–Trinajstić information content (AvgIpc) is 3.06. The van der Waals surface area contributed by atoms with Crippen LogP contribution in [0.5, 0.6) is 0 Å². The molecule has 1 aromatic carbocycles. The normalized spacial score (nSPS) is 12.7. The highest BCUT2D eigenvalue weighted by atomic mass is 32.2. The number of anilines is 1. The van der Waals surface area contributed by atoms with Gasteiger partial charge in [-0.15, -0.1) is 5.10 Å². The Morgan fingerprint density at radius 3 is 2.74 bits per heavy atom. The highest BCUT2D eigenvalue weighted by Crippen LogP contribution is 2.20. The van der Waals surface area contributed by atoms with Gasteiger partial charge in [-0.3, -0.25) is 4.79 Å². The third-order valence-electron chi connectivity index (χ3n) is 3.71. The van der Waals surface area contributed by atoms with Crippen molar-refractivity contribution in [2.45, 2.75) is 26.3 Å². The van der Waals surface area contributed by atoms with Crippen LogP contribution in [0.4, 0.5) is 10.1 Å². The van der Waals surface area contributed by atoms with Gasteiger partial charge in [0.1, 0.15) is 11.9 Å². The van der Waals surface area contributed by atoms with Gasteiger partial charge in [0, 0.05) is 0 Å². The lowest BCUT2D eigenvalue weighted by Gasteiger charge is -2.18. The SMILES string of the molecule is CCS(=O)(=O)NC(CCSC)C(=O)Nc1cc(-n2nnnc2C)ccc1F. The summed E-state index contributed by atoms with van der Waals surface area (Å²) in [5.41, 5.74) is 0.376. The monoisotopic (exact) mass is 416 g/mol. The summed E-state index contributed by atoms with van der Waals surface area (Å²) in [5.74, 6) is -0.382. The molecule has 0 fully saturated rings. The second-order valence-electron chi connectivity index (χ2n) is 5.65. The Labute approximate surface area is 161 Å². The number of carbonyl (C=O) groups excluding carboxylic acids is 1. The summed E-state index contributed by atoms with van der Waals surface area (Å²) >= 11 is 1.48. The Bertz CT molecular complexity index is 903. The maximum Gasteiger partial charge on any atom is 0.242 e. The number of nitrogens with zero attached hydrogens (tertiary/aromatic N) is 4. The number of nitrogens with one attached hydrogen (secondary N) is 2. The van der Waals surface area contributed by atoms with Crippen molar-refractivity contribution in [3.8, 4) is 5.69 Å². The van der Waals surface area contributed by atoms with E-state index in [9.17, 15) is 17.6 Å². The first kappa shape index (κ1) is 21.3. The molecule has 27 heavy (non-hydrogen) atoms. The van der Waals surface area contributed by atoms with Crippen molar-refractivity contribution in [3.63, 3.8) is 0 Å². The predicted octanol–water partition coefficient (Wildman–Crippen LogP) is 1.11. The van der Waals surface area contributed by atoms with Gasteiger partial charge < -0.3 is 5.32 Å². The largest absolute Gasteiger partial charge is 0.322 e. The molecule has 148 valence electrons. The number of aryl methyl sites for hydroxylation is 1. The number of aromatic nitrogens is 4. The van der Waals surface area contributed by atoms with Gasteiger partial charge in [-0.25, -0.2) is 17.5 Å². The Balaban J connectivity index is 2.24. The Morgan fingerprint density at radius 1 is 1.41 bits per heavy atom. The number of thioether (sulfide) groups is 1. The van der Waals surface area contributed by atoms with E-state index in [1.54, 1.807) is 6.92 Å². The van der Waals surface area contributed by atoms with Gasteiger partial charge in [-0.05, 0) is 60.9 Å². The highest BCUT2D eigenvalue weighted by Gasteiger charge is 2.24. The molecule has 2 rings (SSSR count). The van der Waals surface area contributed by atoms with E-state index >= 15 is 0 Å². The standard InChI is InChI=1S/C15H21FN6O3S2/c1-4-27(24,25)19-13(7-8-26-3)15(23)17-14-9-11(5-6-12(14)16)22-10(2)18-20-21-22/h5-6,9,13,19H,4,7-8H2,1-3H3,(H,17,23). The number of tetrazole rings is 1. The molecule has 2 aromatic rings. The van der Waals surface area contributed by atoms with Crippen LogP contribution in [0.2, 0.25) is 0 Å². The maximum atomic E-state index is 14.2. The van der Waals surface area contributed by atoms with Crippen molar-refractivity contribution in [1.82, 2.24) is 24.9 Å². The lowest BCUT2D eigenvalue weighted by Crippen LogP contribution is -2.44. The predicted molar refractivity (Wildman–Crippen MR) is 102 cm³/mol. The second kappa shape index (κ2) is 9.24. The van der Waals surface area contributed by atoms with Crippen LogP contribution >= 0.6 is 11.8 Å². The molecule has 0 aliphatic carbocycles. The number of amides is 1. The summed E-state index contributed by atoms with van der Waals surface area (Å²) in [4.78, 5) is 12.6. The van der Waals surface area contributed by atoms with Crippen LogP contribution in [0.15, 0.2) is 18.2 Å². The van der Waals surface area contributed by atoms with Gasteiger partial charge in [-0.1, -0.05) is 0 Å². The molecule has 1 unspecified atom stereocenters. The minimum Gasteiger partial charge on any atom is -0.322 e. The molecule has 1 amide bonds. The first-order valence-corrected chi connectivity index (χ1v) is 11.2. The fourth-order valence-electron chi connectivity index (χ4n) is 2.21. The third-order valence-corrected chi connectivity index (χ3v) is 5.75. The molecule has 0 radical (unpaired) electrons. The molecule has 0 aliphatic heterocycles. The van der Waals surface area contributed by atoms with Gasteiger partial charge in [-0.2, -0.15) is 16.4 Å². The fraction of sp³-hybridized carbons (Fsp3) is 0.467. The van der Waals surface area contributed by atoms with Crippen molar-refractivity contribution in [1.29, 1.82) is 0 Å². The zero-order valence-electron chi connectivity index (χ0n) is 15.1. The van der Waals surface area contributed by atoms with Crippen LogP contribution in [0.3, 0.4) is 0 Å². The molecule has 1 heterocycles. The van der Waals surface area contributed by atoms with E-state index in [1.165, 1.54) is 41.6 Å². The van der Waals surface area contributed by atoms with E-state index in [-0.39, 0.29) is 17.9 Å². The topological polar surface area (TPSA) is 119 Å². The number of hydrogen-bond donors (Lipinski definition) is 2. The van der Waals surface area contributed by atoms with Gasteiger partial charge >= 0.3 is 0 Å². The van der Waals surface area contributed by atoms with Gasteiger partial charge in [0.2, 0.25) is 15.9 Å². The first-order valence-electron chi connectivity index (χ1n) is 8.12. The number of sulfonamides is 1. The van der Waals surface area contributed by atoms with Crippen LogP contribution in [0.1, 0.15) is 19.2 Å². The molecule has 0 saturated carbocycles. The summed E-state index contributed by atoms with van der Waals surface area (Å²) < 4.78 is 41.6. The molecule has 0 saturated heterocycles. The highest BCUT2D eigenvalue weighted by molar-refractivity contribution is 7.98. The minimum absolute atomic E-state index is 0.0859. The first-order chi connectivity index (χ1) is 12.8. The lowest BCUT2D eigenvalue weighted by atomic mass is 10.2. The number of rotatable bonds is 9. The third kappa shape index (κ3) is 5.71. The van der Waals surface area contributed by atoms with E-state index < -0.39 is 27.8 Å². The Morgan fingerprint density at radius 2 is 2.15 bits per heavy atom. The van der Waals surface area contributed by atoms with Crippen molar-refractivity contribution in [2.24, 2.45) is 0 Å². The van der Waals surface area contributed by atoms with Crippen molar-refractivity contribution >= 4 is 33.4 Å². The summed E-state index contributed by atoms with van der Waals surface area (Å²) in [7, 11) is -3.59. The summed E-state index contributed by atoms with van der Waals surface area (Å²) in [5, 5.41) is 13.5. The smallest absolute Gasteiger partial charge is 0.242 e. The number of benzene rings is 1. The van der Waals surface area contributed by atoms with Crippen molar-refractivity contribution < 1.29 is 17.6 Å².